The van der Waals surface area contributed by atoms with E-state index in [4.69, 9.17) is 0 Å². The lowest BCUT2D eigenvalue weighted by molar-refractivity contribution is -0.0667. The predicted molar refractivity (Wildman–Crippen MR) is 51.1 cm³/mol. The second-order valence-corrected chi connectivity index (χ2v) is 5.05. The second-order valence-electron chi connectivity index (χ2n) is 5.05. The predicted octanol–water partition coefficient (Wildman–Crippen LogP) is 1.54. The third kappa shape index (κ3) is 1.64. The highest BCUT2D eigenvalue weighted by atomic mass is 16.3. The minimum Gasteiger partial charge on any atom is -0.388 e. The van der Waals surface area contributed by atoms with Crippen molar-refractivity contribution in [2.45, 2.75) is 52.2 Å². The van der Waals surface area contributed by atoms with Crippen LogP contribution in [-0.2, 0) is 0 Å². The van der Waals surface area contributed by atoms with Crippen molar-refractivity contribution < 1.29 is 5.11 Å². The summed E-state index contributed by atoms with van der Waals surface area (Å²) in [7, 11) is 0. The van der Waals surface area contributed by atoms with E-state index in [-0.39, 0.29) is 11.5 Å². The zero-order chi connectivity index (χ0) is 9.41. The Balaban J connectivity index is 2.69. The molecule has 1 aliphatic heterocycles. The summed E-state index contributed by atoms with van der Waals surface area (Å²) in [5.41, 5.74) is -0.640. The monoisotopic (exact) mass is 171 g/mol. The van der Waals surface area contributed by atoms with Crippen LogP contribution in [0.5, 0.6) is 0 Å². The van der Waals surface area contributed by atoms with Crippen molar-refractivity contribution in [2.24, 2.45) is 5.41 Å². The Bertz CT molecular complexity index is 152. The van der Waals surface area contributed by atoms with Gasteiger partial charge in [-0.25, -0.2) is 0 Å². The summed E-state index contributed by atoms with van der Waals surface area (Å²) in [5, 5.41) is 13.6. The first-order valence-electron chi connectivity index (χ1n) is 4.81. The average Bonchev–Trinajstić information content (AvgIpc) is 2.34. The van der Waals surface area contributed by atoms with E-state index in [9.17, 15) is 5.11 Å². The molecule has 0 spiro atoms. The van der Waals surface area contributed by atoms with Crippen LogP contribution in [0.4, 0.5) is 0 Å². The summed E-state index contributed by atoms with van der Waals surface area (Å²) in [4.78, 5) is 0. The largest absolute Gasteiger partial charge is 0.388 e. The molecule has 1 aliphatic rings. The molecule has 1 saturated heterocycles. The molecule has 2 nitrogen and oxygen atoms in total. The van der Waals surface area contributed by atoms with Crippen molar-refractivity contribution in [3.8, 4) is 0 Å². The molecule has 2 heteroatoms. The standard InChI is InChI=1S/C10H21NO/c1-9(2,3)10(4,12)8-6-5-7-11-8/h8,11-12H,5-7H2,1-4H3/t8-,10-/m0/s1. The van der Waals surface area contributed by atoms with Crippen molar-refractivity contribution in [1.29, 1.82) is 0 Å². The molecule has 0 aromatic heterocycles. The molecule has 0 radical (unpaired) electrons. The fraction of sp³-hybridized carbons (Fsp3) is 1.00. The Morgan fingerprint density at radius 1 is 1.25 bits per heavy atom. The van der Waals surface area contributed by atoms with Gasteiger partial charge in [0, 0.05) is 6.04 Å². The quantitative estimate of drug-likeness (QED) is 0.627. The SMILES string of the molecule is CC(C)(C)[C@@](C)(O)[C@@H]1CCCN1. The highest BCUT2D eigenvalue weighted by Crippen LogP contribution is 2.35. The van der Waals surface area contributed by atoms with E-state index in [0.717, 1.165) is 13.0 Å². The number of hydrogen-bond donors (Lipinski definition) is 2. The van der Waals surface area contributed by atoms with Gasteiger partial charge in [0.1, 0.15) is 0 Å². The van der Waals surface area contributed by atoms with Crippen molar-refractivity contribution in [3.63, 3.8) is 0 Å². The molecule has 12 heavy (non-hydrogen) atoms. The molecule has 1 heterocycles. The molecular weight excluding hydrogens is 150 g/mol. The summed E-state index contributed by atoms with van der Waals surface area (Å²) >= 11 is 0. The fourth-order valence-corrected chi connectivity index (χ4v) is 1.69. The lowest BCUT2D eigenvalue weighted by atomic mass is 9.73. The number of aliphatic hydroxyl groups is 1. The van der Waals surface area contributed by atoms with Crippen LogP contribution in [0.2, 0.25) is 0 Å². The van der Waals surface area contributed by atoms with Crippen LogP contribution in [-0.4, -0.2) is 23.3 Å². The topological polar surface area (TPSA) is 32.3 Å². The molecule has 0 amide bonds. The van der Waals surface area contributed by atoms with Crippen molar-refractivity contribution in [3.05, 3.63) is 0 Å². The van der Waals surface area contributed by atoms with E-state index in [1.165, 1.54) is 6.42 Å². The summed E-state index contributed by atoms with van der Waals surface area (Å²) in [6.07, 6.45) is 2.29. The zero-order valence-electron chi connectivity index (χ0n) is 8.65. The second kappa shape index (κ2) is 3.00. The van der Waals surface area contributed by atoms with Gasteiger partial charge in [-0.3, -0.25) is 0 Å². The van der Waals surface area contributed by atoms with Crippen LogP contribution in [0, 0.1) is 5.41 Å². The van der Waals surface area contributed by atoms with Gasteiger partial charge in [-0.05, 0) is 31.7 Å². The van der Waals surface area contributed by atoms with E-state index in [1.54, 1.807) is 0 Å². The van der Waals surface area contributed by atoms with Gasteiger partial charge in [0.25, 0.3) is 0 Å². The van der Waals surface area contributed by atoms with Gasteiger partial charge in [0.15, 0.2) is 0 Å². The first-order chi connectivity index (χ1) is 5.36. The Morgan fingerprint density at radius 3 is 2.17 bits per heavy atom. The normalized spacial score (nSPS) is 30.2. The van der Waals surface area contributed by atoms with Crippen molar-refractivity contribution >= 4 is 0 Å². The maximum absolute atomic E-state index is 10.3. The molecule has 0 saturated carbocycles. The van der Waals surface area contributed by atoms with E-state index >= 15 is 0 Å². The van der Waals surface area contributed by atoms with Crippen LogP contribution in [0.1, 0.15) is 40.5 Å². The van der Waals surface area contributed by atoms with Crippen LogP contribution in [0.15, 0.2) is 0 Å². The van der Waals surface area contributed by atoms with Gasteiger partial charge in [-0.2, -0.15) is 0 Å². The summed E-state index contributed by atoms with van der Waals surface area (Å²) < 4.78 is 0. The van der Waals surface area contributed by atoms with Crippen LogP contribution >= 0.6 is 0 Å². The van der Waals surface area contributed by atoms with Gasteiger partial charge in [-0.1, -0.05) is 20.8 Å². The average molecular weight is 171 g/mol. The summed E-state index contributed by atoms with van der Waals surface area (Å²) in [6, 6.07) is 0.275. The summed E-state index contributed by atoms with van der Waals surface area (Å²) in [5.74, 6) is 0. The first-order valence-corrected chi connectivity index (χ1v) is 4.81. The highest BCUT2D eigenvalue weighted by Gasteiger charge is 2.43. The molecule has 0 aromatic rings. The van der Waals surface area contributed by atoms with Gasteiger partial charge < -0.3 is 10.4 Å². The molecule has 0 unspecified atom stereocenters. The summed E-state index contributed by atoms with van der Waals surface area (Å²) in [6.45, 7) is 9.26. The molecule has 0 bridgehead atoms. The Hall–Kier alpha value is -0.0800. The molecular formula is C10H21NO. The maximum atomic E-state index is 10.3. The van der Waals surface area contributed by atoms with E-state index in [0.29, 0.717) is 0 Å². The van der Waals surface area contributed by atoms with Crippen molar-refractivity contribution in [1.82, 2.24) is 5.32 Å². The Kier molecular flexibility index (Phi) is 2.50. The van der Waals surface area contributed by atoms with Crippen LogP contribution in [0.25, 0.3) is 0 Å². The van der Waals surface area contributed by atoms with E-state index < -0.39 is 5.60 Å². The number of nitrogens with one attached hydrogen (secondary N) is 1. The van der Waals surface area contributed by atoms with E-state index in [2.05, 4.69) is 26.1 Å². The van der Waals surface area contributed by atoms with Gasteiger partial charge in [0.05, 0.1) is 5.60 Å². The Labute approximate surface area is 75.4 Å². The van der Waals surface area contributed by atoms with Crippen LogP contribution < -0.4 is 5.32 Å². The molecule has 2 N–H and O–H groups in total. The number of rotatable bonds is 1. The minimum atomic E-state index is -0.594. The molecule has 1 rings (SSSR count). The zero-order valence-corrected chi connectivity index (χ0v) is 8.65. The molecule has 0 aliphatic carbocycles. The molecule has 0 aromatic carbocycles. The Morgan fingerprint density at radius 2 is 1.83 bits per heavy atom. The van der Waals surface area contributed by atoms with Gasteiger partial charge in [0.2, 0.25) is 0 Å². The minimum absolute atomic E-state index is 0.0466. The fourth-order valence-electron chi connectivity index (χ4n) is 1.69. The lowest BCUT2D eigenvalue weighted by Crippen LogP contribution is -2.53. The smallest absolute Gasteiger partial charge is 0.0819 e. The molecule has 1 fully saturated rings. The van der Waals surface area contributed by atoms with Gasteiger partial charge >= 0.3 is 0 Å². The van der Waals surface area contributed by atoms with Crippen molar-refractivity contribution in [2.75, 3.05) is 6.54 Å². The highest BCUT2D eigenvalue weighted by molar-refractivity contribution is 4.98. The third-order valence-electron chi connectivity index (χ3n) is 3.26. The maximum Gasteiger partial charge on any atom is 0.0819 e. The molecule has 2 atom stereocenters. The molecule has 72 valence electrons. The van der Waals surface area contributed by atoms with Crippen LogP contribution in [0.3, 0.4) is 0 Å². The first kappa shape index (κ1) is 10.0. The lowest BCUT2D eigenvalue weighted by Gasteiger charge is -2.41. The van der Waals surface area contributed by atoms with E-state index in [1.807, 2.05) is 6.92 Å². The number of hydrogen-bond acceptors (Lipinski definition) is 2. The van der Waals surface area contributed by atoms with Gasteiger partial charge in [-0.15, -0.1) is 0 Å². The third-order valence-corrected chi connectivity index (χ3v) is 3.26.